The first kappa shape index (κ1) is 14.1. The van der Waals surface area contributed by atoms with Crippen molar-refractivity contribution in [3.63, 3.8) is 0 Å². The van der Waals surface area contributed by atoms with Gasteiger partial charge in [-0.05, 0) is 12.2 Å². The number of carbonyl (C=O) groups is 1. The summed E-state index contributed by atoms with van der Waals surface area (Å²) in [5, 5.41) is 0. The highest BCUT2D eigenvalue weighted by Gasteiger charge is 2.19. The summed E-state index contributed by atoms with van der Waals surface area (Å²) in [6.07, 6.45) is 1.12. The molecule has 0 saturated carbocycles. The van der Waals surface area contributed by atoms with Crippen molar-refractivity contribution in [3.8, 4) is 0 Å². The van der Waals surface area contributed by atoms with Crippen LogP contribution in [0.2, 0.25) is 0 Å². The van der Waals surface area contributed by atoms with E-state index in [9.17, 15) is 4.79 Å². The Balaban J connectivity index is 0.00000169. The number of thioether (sulfide) groups is 1. The van der Waals surface area contributed by atoms with Crippen molar-refractivity contribution in [2.75, 3.05) is 31.1 Å². The number of hydrogen-bond acceptors (Lipinski definition) is 3. The largest absolute Gasteiger partial charge is 0.342 e. The molecule has 14 heavy (non-hydrogen) atoms. The van der Waals surface area contributed by atoms with Crippen molar-refractivity contribution in [2.45, 2.75) is 13.3 Å². The molecule has 0 radical (unpaired) electrons. The summed E-state index contributed by atoms with van der Waals surface area (Å²) >= 11 is 1.93. The number of hydrogen-bond donors (Lipinski definition) is 1. The van der Waals surface area contributed by atoms with Gasteiger partial charge >= 0.3 is 0 Å². The second-order valence-corrected chi connectivity index (χ2v) is 4.65. The molecule has 1 saturated heterocycles. The lowest BCUT2D eigenvalue weighted by Gasteiger charge is -2.22. The Hall–Kier alpha value is 0.0700. The van der Waals surface area contributed by atoms with Gasteiger partial charge in [0.2, 0.25) is 5.91 Å². The molecule has 0 aromatic rings. The van der Waals surface area contributed by atoms with Crippen LogP contribution in [0.25, 0.3) is 0 Å². The first-order valence-electron chi connectivity index (χ1n) is 4.82. The first-order chi connectivity index (χ1) is 6.25. The van der Waals surface area contributed by atoms with Crippen LogP contribution in [0.15, 0.2) is 0 Å². The Morgan fingerprint density at radius 1 is 1.50 bits per heavy atom. The lowest BCUT2D eigenvalue weighted by atomic mass is 10.1. The Bertz CT molecular complexity index is 172. The van der Waals surface area contributed by atoms with Crippen LogP contribution >= 0.6 is 24.2 Å². The number of carbonyl (C=O) groups excluding carboxylic acids is 1. The maximum absolute atomic E-state index is 11.7. The van der Waals surface area contributed by atoms with E-state index in [1.165, 1.54) is 5.75 Å². The predicted molar refractivity (Wildman–Crippen MR) is 64.0 cm³/mol. The summed E-state index contributed by atoms with van der Waals surface area (Å²) in [5.74, 6) is 2.47. The fraction of sp³-hybridized carbons (Fsp3) is 0.889. The lowest BCUT2D eigenvalue weighted by Crippen LogP contribution is -2.39. The van der Waals surface area contributed by atoms with Crippen LogP contribution in [-0.2, 0) is 4.79 Å². The molecule has 0 aromatic carbocycles. The molecular weight excluding hydrogens is 220 g/mol. The Morgan fingerprint density at radius 3 is 2.86 bits per heavy atom. The van der Waals surface area contributed by atoms with Crippen molar-refractivity contribution in [1.29, 1.82) is 0 Å². The third-order valence-electron chi connectivity index (χ3n) is 2.31. The molecule has 0 aromatic heterocycles. The molecule has 1 fully saturated rings. The van der Waals surface area contributed by atoms with E-state index in [0.29, 0.717) is 6.54 Å². The second kappa shape index (κ2) is 7.37. The van der Waals surface area contributed by atoms with Gasteiger partial charge in [-0.3, -0.25) is 4.79 Å². The molecule has 1 heterocycles. The molecule has 5 heteroatoms. The van der Waals surface area contributed by atoms with Gasteiger partial charge in [0.1, 0.15) is 0 Å². The van der Waals surface area contributed by atoms with E-state index in [1.54, 1.807) is 0 Å². The second-order valence-electron chi connectivity index (χ2n) is 3.43. The minimum atomic E-state index is -0.0110. The molecule has 1 rings (SSSR count). The highest BCUT2D eigenvalue weighted by atomic mass is 35.5. The molecule has 3 nitrogen and oxygen atoms in total. The van der Waals surface area contributed by atoms with Crippen molar-refractivity contribution >= 4 is 30.1 Å². The predicted octanol–water partition coefficient (Wildman–Crippen LogP) is 0.968. The Morgan fingerprint density at radius 2 is 2.21 bits per heavy atom. The van der Waals surface area contributed by atoms with Crippen LogP contribution in [0.3, 0.4) is 0 Å². The monoisotopic (exact) mass is 238 g/mol. The van der Waals surface area contributed by atoms with Crippen LogP contribution in [0.4, 0.5) is 0 Å². The average molecular weight is 239 g/mol. The van der Waals surface area contributed by atoms with Crippen LogP contribution in [0, 0.1) is 5.92 Å². The zero-order valence-corrected chi connectivity index (χ0v) is 10.2. The maximum Gasteiger partial charge on any atom is 0.226 e. The molecule has 1 amide bonds. The van der Waals surface area contributed by atoms with Gasteiger partial charge in [-0.2, -0.15) is 11.8 Å². The zero-order valence-electron chi connectivity index (χ0n) is 8.57. The van der Waals surface area contributed by atoms with Crippen molar-refractivity contribution in [2.24, 2.45) is 11.7 Å². The quantitative estimate of drug-likeness (QED) is 0.780. The number of amides is 1. The minimum Gasteiger partial charge on any atom is -0.342 e. The van der Waals surface area contributed by atoms with Gasteiger partial charge in [-0.25, -0.2) is 0 Å². The summed E-state index contributed by atoms with van der Waals surface area (Å²) < 4.78 is 0. The molecule has 0 bridgehead atoms. The van der Waals surface area contributed by atoms with Crippen molar-refractivity contribution < 1.29 is 4.79 Å². The summed E-state index contributed by atoms with van der Waals surface area (Å²) in [6, 6.07) is 0. The average Bonchev–Trinajstić information content (AvgIpc) is 2.43. The molecule has 0 spiro atoms. The topological polar surface area (TPSA) is 46.3 Å². The fourth-order valence-corrected chi connectivity index (χ4v) is 2.27. The number of nitrogens with two attached hydrogens (primary N) is 1. The van der Waals surface area contributed by atoms with Gasteiger partial charge in [-0.15, -0.1) is 12.4 Å². The number of halogens is 1. The molecule has 1 atom stereocenters. The van der Waals surface area contributed by atoms with Crippen LogP contribution in [0.1, 0.15) is 13.3 Å². The standard InChI is InChI=1S/C9H18N2OS.ClH/c1-8(7-10)9(12)11-3-2-5-13-6-4-11;/h8H,2-7,10H2,1H3;1H. The molecular formula is C9H19ClN2OS. The van der Waals surface area contributed by atoms with E-state index in [1.807, 2.05) is 23.6 Å². The van der Waals surface area contributed by atoms with Gasteiger partial charge in [0.05, 0.1) is 0 Å². The third-order valence-corrected chi connectivity index (χ3v) is 3.36. The van der Waals surface area contributed by atoms with E-state index in [0.717, 1.165) is 25.3 Å². The minimum absolute atomic E-state index is 0. The van der Waals surface area contributed by atoms with Gasteiger partial charge in [0.25, 0.3) is 0 Å². The summed E-state index contributed by atoms with van der Waals surface area (Å²) in [7, 11) is 0. The molecule has 84 valence electrons. The van der Waals surface area contributed by atoms with E-state index < -0.39 is 0 Å². The molecule has 1 unspecified atom stereocenters. The van der Waals surface area contributed by atoms with Crippen LogP contribution < -0.4 is 5.73 Å². The zero-order chi connectivity index (χ0) is 9.68. The van der Waals surface area contributed by atoms with Crippen molar-refractivity contribution in [1.82, 2.24) is 4.90 Å². The molecule has 0 aliphatic carbocycles. The van der Waals surface area contributed by atoms with Crippen LogP contribution in [0.5, 0.6) is 0 Å². The van der Waals surface area contributed by atoms with Crippen molar-refractivity contribution in [3.05, 3.63) is 0 Å². The first-order valence-corrected chi connectivity index (χ1v) is 5.97. The Kier molecular flexibility index (Phi) is 7.41. The summed E-state index contributed by atoms with van der Waals surface area (Å²) in [6.45, 7) is 4.17. The molecule has 2 N–H and O–H groups in total. The summed E-state index contributed by atoms with van der Waals surface area (Å²) in [4.78, 5) is 13.7. The van der Waals surface area contributed by atoms with E-state index in [4.69, 9.17) is 5.73 Å². The summed E-state index contributed by atoms with van der Waals surface area (Å²) in [5.41, 5.74) is 5.47. The SMILES string of the molecule is CC(CN)C(=O)N1CCCSCC1.Cl. The fourth-order valence-electron chi connectivity index (χ4n) is 1.38. The normalized spacial score (nSPS) is 19.4. The lowest BCUT2D eigenvalue weighted by molar-refractivity contribution is -0.134. The van der Waals surface area contributed by atoms with Gasteiger partial charge in [0, 0.05) is 31.3 Å². The smallest absolute Gasteiger partial charge is 0.226 e. The molecule has 1 aliphatic rings. The van der Waals surface area contributed by atoms with E-state index in [-0.39, 0.29) is 24.2 Å². The molecule has 1 aliphatic heterocycles. The number of nitrogens with zero attached hydrogens (tertiary/aromatic N) is 1. The Labute approximate surface area is 96.2 Å². The van der Waals surface area contributed by atoms with E-state index >= 15 is 0 Å². The maximum atomic E-state index is 11.7. The van der Waals surface area contributed by atoms with Crippen LogP contribution in [-0.4, -0.2) is 41.9 Å². The highest BCUT2D eigenvalue weighted by molar-refractivity contribution is 7.99. The van der Waals surface area contributed by atoms with Gasteiger partial charge < -0.3 is 10.6 Å². The number of rotatable bonds is 2. The highest BCUT2D eigenvalue weighted by Crippen LogP contribution is 2.12. The third kappa shape index (κ3) is 4.07. The van der Waals surface area contributed by atoms with Gasteiger partial charge in [-0.1, -0.05) is 6.92 Å². The van der Waals surface area contributed by atoms with Gasteiger partial charge in [0.15, 0.2) is 0 Å². The van der Waals surface area contributed by atoms with E-state index in [2.05, 4.69) is 0 Å².